The molecular formula is C12H9ClFN3O3S. The van der Waals surface area contributed by atoms with Gasteiger partial charge >= 0.3 is 16.1 Å². The van der Waals surface area contributed by atoms with E-state index in [1.165, 1.54) is 30.5 Å². The van der Waals surface area contributed by atoms with Crippen LogP contribution in [0.2, 0.25) is 5.02 Å². The molecule has 2 rings (SSSR count). The second-order valence-corrected chi connectivity index (χ2v) is 5.69. The van der Waals surface area contributed by atoms with Crippen LogP contribution in [0, 0.1) is 5.82 Å². The van der Waals surface area contributed by atoms with E-state index in [0.29, 0.717) is 5.02 Å². The SMILES string of the molecule is C/C=N/c1nc(OS(=O)(=O)c2ccc(Cl)cc2)ncc1F. The van der Waals surface area contributed by atoms with E-state index in [-0.39, 0.29) is 10.7 Å². The van der Waals surface area contributed by atoms with Gasteiger partial charge in [-0.1, -0.05) is 11.6 Å². The average molecular weight is 330 g/mol. The van der Waals surface area contributed by atoms with Crippen LogP contribution in [-0.4, -0.2) is 24.6 Å². The van der Waals surface area contributed by atoms with Gasteiger partial charge in [0.1, 0.15) is 4.90 Å². The maximum absolute atomic E-state index is 13.3. The molecule has 0 amide bonds. The number of aromatic nitrogens is 2. The van der Waals surface area contributed by atoms with Crippen molar-refractivity contribution in [1.82, 2.24) is 9.97 Å². The minimum absolute atomic E-state index is 0.125. The molecule has 0 radical (unpaired) electrons. The first-order chi connectivity index (χ1) is 9.92. The van der Waals surface area contributed by atoms with Gasteiger partial charge in [-0.2, -0.15) is 18.4 Å². The third-order valence-electron chi connectivity index (χ3n) is 2.24. The van der Waals surface area contributed by atoms with Crippen LogP contribution in [0.4, 0.5) is 10.2 Å². The van der Waals surface area contributed by atoms with Crippen LogP contribution in [0.15, 0.2) is 40.4 Å². The van der Waals surface area contributed by atoms with Gasteiger partial charge in [-0.3, -0.25) is 0 Å². The Morgan fingerprint density at radius 1 is 1.33 bits per heavy atom. The maximum atomic E-state index is 13.3. The van der Waals surface area contributed by atoms with Crippen molar-refractivity contribution in [1.29, 1.82) is 0 Å². The molecule has 2 aromatic rings. The van der Waals surface area contributed by atoms with Crippen molar-refractivity contribution in [3.63, 3.8) is 0 Å². The molecule has 0 saturated carbocycles. The van der Waals surface area contributed by atoms with Crippen LogP contribution in [0.1, 0.15) is 6.92 Å². The zero-order chi connectivity index (χ0) is 15.5. The Balaban J connectivity index is 2.32. The normalized spacial score (nSPS) is 11.8. The van der Waals surface area contributed by atoms with Crippen molar-refractivity contribution in [3.8, 4) is 6.01 Å². The van der Waals surface area contributed by atoms with Gasteiger partial charge in [0, 0.05) is 11.2 Å². The summed E-state index contributed by atoms with van der Waals surface area (Å²) in [6, 6.07) is 4.82. The third-order valence-corrected chi connectivity index (χ3v) is 3.71. The second kappa shape index (κ2) is 6.15. The Labute approximate surface area is 125 Å². The molecule has 0 fully saturated rings. The standard InChI is InChI=1S/C12H9ClFN3O3S/c1-2-15-11-10(14)7-16-12(17-11)20-21(18,19)9-5-3-8(13)4-6-9/h2-7H,1H3/b15-2+. The molecule has 1 heterocycles. The van der Waals surface area contributed by atoms with E-state index in [1.54, 1.807) is 6.92 Å². The van der Waals surface area contributed by atoms with Crippen LogP contribution in [0.25, 0.3) is 0 Å². The van der Waals surface area contributed by atoms with Gasteiger partial charge in [-0.05, 0) is 31.2 Å². The Kier molecular flexibility index (Phi) is 4.49. The lowest BCUT2D eigenvalue weighted by Crippen LogP contribution is -2.11. The zero-order valence-corrected chi connectivity index (χ0v) is 12.3. The molecule has 1 aromatic carbocycles. The fourth-order valence-electron chi connectivity index (χ4n) is 1.34. The lowest BCUT2D eigenvalue weighted by atomic mass is 10.4. The number of hydrogen-bond acceptors (Lipinski definition) is 6. The van der Waals surface area contributed by atoms with Gasteiger partial charge in [-0.25, -0.2) is 9.38 Å². The molecule has 0 saturated heterocycles. The molecule has 6 nitrogen and oxygen atoms in total. The molecule has 0 bridgehead atoms. The van der Waals surface area contributed by atoms with E-state index in [4.69, 9.17) is 15.8 Å². The molecule has 1 aromatic heterocycles. The summed E-state index contributed by atoms with van der Waals surface area (Å²) in [5, 5.41) is 0.381. The van der Waals surface area contributed by atoms with E-state index in [9.17, 15) is 12.8 Å². The Morgan fingerprint density at radius 2 is 2.00 bits per heavy atom. The number of benzene rings is 1. The van der Waals surface area contributed by atoms with E-state index in [0.717, 1.165) is 6.20 Å². The summed E-state index contributed by atoms with van der Waals surface area (Å²) in [6.07, 6.45) is 2.09. The fourth-order valence-corrected chi connectivity index (χ4v) is 2.31. The van der Waals surface area contributed by atoms with Crippen LogP contribution in [-0.2, 0) is 10.1 Å². The molecule has 0 unspecified atom stereocenters. The minimum Gasteiger partial charge on any atom is -0.339 e. The molecule has 0 aliphatic carbocycles. The topological polar surface area (TPSA) is 81.5 Å². The zero-order valence-electron chi connectivity index (χ0n) is 10.7. The number of nitrogens with zero attached hydrogens (tertiary/aromatic N) is 3. The first-order valence-corrected chi connectivity index (χ1v) is 7.42. The van der Waals surface area contributed by atoms with Crippen molar-refractivity contribution in [2.24, 2.45) is 4.99 Å². The Morgan fingerprint density at radius 3 is 2.62 bits per heavy atom. The van der Waals surface area contributed by atoms with Crippen LogP contribution in [0.3, 0.4) is 0 Å². The van der Waals surface area contributed by atoms with Gasteiger partial charge < -0.3 is 4.18 Å². The van der Waals surface area contributed by atoms with Crippen molar-refractivity contribution in [2.45, 2.75) is 11.8 Å². The molecule has 0 N–H and O–H groups in total. The highest BCUT2D eigenvalue weighted by atomic mass is 35.5. The third kappa shape index (κ3) is 3.73. The summed E-state index contributed by atoms with van der Waals surface area (Å²) in [5.41, 5.74) is 0. The summed E-state index contributed by atoms with van der Waals surface area (Å²) >= 11 is 5.68. The smallest absolute Gasteiger partial charge is 0.339 e. The highest BCUT2D eigenvalue weighted by Crippen LogP contribution is 2.20. The molecule has 9 heteroatoms. The highest BCUT2D eigenvalue weighted by Gasteiger charge is 2.19. The first kappa shape index (κ1) is 15.3. The average Bonchev–Trinajstić information content (AvgIpc) is 2.43. The van der Waals surface area contributed by atoms with Crippen LogP contribution < -0.4 is 4.18 Å². The molecule has 0 aliphatic rings. The van der Waals surface area contributed by atoms with E-state index >= 15 is 0 Å². The minimum atomic E-state index is -4.13. The molecule has 0 aliphatic heterocycles. The summed E-state index contributed by atoms with van der Waals surface area (Å²) in [6.45, 7) is 1.56. The van der Waals surface area contributed by atoms with E-state index in [2.05, 4.69) is 15.0 Å². The van der Waals surface area contributed by atoms with Gasteiger partial charge in [0.25, 0.3) is 0 Å². The van der Waals surface area contributed by atoms with Crippen molar-refractivity contribution in [2.75, 3.05) is 0 Å². The van der Waals surface area contributed by atoms with Gasteiger partial charge in [0.15, 0.2) is 11.6 Å². The Hall–Kier alpha value is -2.06. The number of aliphatic imine (C=N–C) groups is 1. The van der Waals surface area contributed by atoms with E-state index < -0.39 is 21.9 Å². The van der Waals surface area contributed by atoms with Crippen molar-refractivity contribution < 1.29 is 17.0 Å². The predicted molar refractivity (Wildman–Crippen MR) is 75.1 cm³/mol. The summed E-state index contributed by atoms with van der Waals surface area (Å²) < 4.78 is 42.0. The highest BCUT2D eigenvalue weighted by molar-refractivity contribution is 7.87. The lowest BCUT2D eigenvalue weighted by Gasteiger charge is -2.05. The van der Waals surface area contributed by atoms with Crippen molar-refractivity contribution in [3.05, 3.63) is 41.3 Å². The van der Waals surface area contributed by atoms with Gasteiger partial charge in [-0.15, -0.1) is 0 Å². The summed E-state index contributed by atoms with van der Waals surface area (Å²) in [5.74, 6) is -1.10. The molecule has 0 spiro atoms. The quantitative estimate of drug-likeness (QED) is 0.636. The lowest BCUT2D eigenvalue weighted by molar-refractivity contribution is 0.460. The van der Waals surface area contributed by atoms with Crippen LogP contribution >= 0.6 is 11.6 Å². The van der Waals surface area contributed by atoms with Gasteiger partial charge in [0.05, 0.1) is 6.20 Å². The fraction of sp³-hybridized carbons (Fsp3) is 0.0833. The monoisotopic (exact) mass is 329 g/mol. The second-order valence-electron chi connectivity index (χ2n) is 3.70. The number of rotatable bonds is 4. The van der Waals surface area contributed by atoms with Crippen molar-refractivity contribution >= 4 is 33.8 Å². The molecule has 0 atom stereocenters. The largest absolute Gasteiger partial charge is 0.341 e. The molecular weight excluding hydrogens is 321 g/mol. The van der Waals surface area contributed by atoms with E-state index in [1.807, 2.05) is 0 Å². The first-order valence-electron chi connectivity index (χ1n) is 5.63. The van der Waals surface area contributed by atoms with Gasteiger partial charge in [0.2, 0.25) is 0 Å². The predicted octanol–water partition coefficient (Wildman–Crippen LogP) is 2.76. The Bertz CT molecular complexity index is 779. The number of hydrogen-bond donors (Lipinski definition) is 0. The molecule has 21 heavy (non-hydrogen) atoms. The maximum Gasteiger partial charge on any atom is 0.341 e. The summed E-state index contributed by atoms with van der Waals surface area (Å²) in [4.78, 5) is 10.6. The number of halogens is 2. The summed E-state index contributed by atoms with van der Waals surface area (Å²) in [7, 11) is -4.13. The van der Waals surface area contributed by atoms with Crippen LogP contribution in [0.5, 0.6) is 6.01 Å². The molecule has 110 valence electrons.